The van der Waals surface area contributed by atoms with Crippen LogP contribution in [0.3, 0.4) is 0 Å². The van der Waals surface area contributed by atoms with Crippen LogP contribution in [-0.4, -0.2) is 61.6 Å². The summed E-state index contributed by atoms with van der Waals surface area (Å²) in [6.45, 7) is 8.99. The van der Waals surface area contributed by atoms with E-state index in [0.29, 0.717) is 17.7 Å². The fourth-order valence-electron chi connectivity index (χ4n) is 4.61. The molecule has 0 radical (unpaired) electrons. The third-order valence-electron chi connectivity index (χ3n) is 6.15. The van der Waals surface area contributed by atoms with Gasteiger partial charge in [-0.15, -0.1) is 0 Å². The Labute approximate surface area is 151 Å². The second-order valence-electron chi connectivity index (χ2n) is 8.01. The van der Waals surface area contributed by atoms with Gasteiger partial charge in [0.25, 0.3) is 0 Å². The van der Waals surface area contributed by atoms with E-state index < -0.39 is 0 Å². The smallest absolute Gasteiger partial charge is 0.226 e. The molecule has 25 heavy (non-hydrogen) atoms. The molecule has 136 valence electrons. The highest BCUT2D eigenvalue weighted by Gasteiger charge is 2.46. The second-order valence-corrected chi connectivity index (χ2v) is 8.01. The molecule has 4 nitrogen and oxygen atoms in total. The van der Waals surface area contributed by atoms with Gasteiger partial charge in [-0.2, -0.15) is 0 Å². The molecule has 0 bridgehead atoms. The molecule has 1 aliphatic carbocycles. The number of amides is 1. The molecule has 1 saturated carbocycles. The average Bonchev–Trinajstić information content (AvgIpc) is 3.43. The van der Waals surface area contributed by atoms with Gasteiger partial charge in [-0.25, -0.2) is 0 Å². The van der Waals surface area contributed by atoms with E-state index in [0.717, 1.165) is 58.8 Å². The molecule has 4 heteroatoms. The minimum absolute atomic E-state index is 0.225. The molecule has 3 fully saturated rings. The summed E-state index contributed by atoms with van der Waals surface area (Å²) in [6.07, 6.45) is 3.45. The largest absolute Gasteiger partial charge is 0.379 e. The molecule has 0 spiro atoms. The molecule has 2 heterocycles. The standard InChI is InChI=1S/C21H30N2O2/c1-16-5-2-3-7-18(16)19-13-20(19)21(24)23-8-4-6-17(15-23)14-22-9-11-25-12-10-22/h2-3,5,7,17,19-20H,4,6,8-15H2,1H3/t17-,19-,20+/m0/s1. The predicted octanol–water partition coefficient (Wildman–Crippen LogP) is 2.67. The molecular weight excluding hydrogens is 312 g/mol. The van der Waals surface area contributed by atoms with E-state index in [9.17, 15) is 4.79 Å². The van der Waals surface area contributed by atoms with Crippen molar-refractivity contribution in [3.05, 3.63) is 35.4 Å². The Kier molecular flexibility index (Phi) is 5.09. The number of ether oxygens (including phenoxy) is 1. The molecule has 0 N–H and O–H groups in total. The zero-order chi connectivity index (χ0) is 17.2. The summed E-state index contributed by atoms with van der Waals surface area (Å²) >= 11 is 0. The lowest BCUT2D eigenvalue weighted by Crippen LogP contribution is -2.46. The monoisotopic (exact) mass is 342 g/mol. The van der Waals surface area contributed by atoms with Crippen molar-refractivity contribution in [1.82, 2.24) is 9.80 Å². The Bertz CT molecular complexity index is 612. The van der Waals surface area contributed by atoms with Crippen LogP contribution in [0.15, 0.2) is 24.3 Å². The van der Waals surface area contributed by atoms with Gasteiger partial charge < -0.3 is 9.64 Å². The van der Waals surface area contributed by atoms with E-state index in [4.69, 9.17) is 4.74 Å². The van der Waals surface area contributed by atoms with Crippen molar-refractivity contribution in [3.8, 4) is 0 Å². The summed E-state index contributed by atoms with van der Waals surface area (Å²) in [5.74, 6) is 1.71. The molecule has 2 saturated heterocycles. The lowest BCUT2D eigenvalue weighted by Gasteiger charge is -2.37. The first-order chi connectivity index (χ1) is 12.2. The van der Waals surface area contributed by atoms with Crippen LogP contribution >= 0.6 is 0 Å². The van der Waals surface area contributed by atoms with Gasteiger partial charge in [-0.05, 0) is 49.1 Å². The highest BCUT2D eigenvalue weighted by molar-refractivity contribution is 5.83. The lowest BCUT2D eigenvalue weighted by molar-refractivity contribution is -0.134. The Hall–Kier alpha value is -1.39. The molecular formula is C21H30N2O2. The third-order valence-corrected chi connectivity index (χ3v) is 6.15. The van der Waals surface area contributed by atoms with Gasteiger partial charge in [0.2, 0.25) is 5.91 Å². The first-order valence-corrected chi connectivity index (χ1v) is 9.87. The molecule has 4 rings (SSSR count). The molecule has 1 amide bonds. The molecule has 0 unspecified atom stereocenters. The Balaban J connectivity index is 1.32. The number of carbonyl (C=O) groups is 1. The highest BCUT2D eigenvalue weighted by Crippen LogP contribution is 2.49. The maximum absolute atomic E-state index is 13.0. The van der Waals surface area contributed by atoms with Crippen molar-refractivity contribution < 1.29 is 9.53 Å². The van der Waals surface area contributed by atoms with Crippen LogP contribution in [0.2, 0.25) is 0 Å². The summed E-state index contributed by atoms with van der Waals surface area (Å²) in [7, 11) is 0. The van der Waals surface area contributed by atoms with Crippen molar-refractivity contribution in [2.24, 2.45) is 11.8 Å². The van der Waals surface area contributed by atoms with Crippen LogP contribution < -0.4 is 0 Å². The van der Waals surface area contributed by atoms with Gasteiger partial charge in [0.1, 0.15) is 0 Å². The third kappa shape index (κ3) is 3.90. The fourth-order valence-corrected chi connectivity index (χ4v) is 4.61. The average molecular weight is 342 g/mol. The van der Waals surface area contributed by atoms with Crippen molar-refractivity contribution in [1.29, 1.82) is 0 Å². The Morgan fingerprint density at radius 1 is 1.20 bits per heavy atom. The molecule has 3 aliphatic rings. The van der Waals surface area contributed by atoms with Crippen molar-refractivity contribution in [3.63, 3.8) is 0 Å². The van der Waals surface area contributed by atoms with Gasteiger partial charge in [-0.3, -0.25) is 9.69 Å². The van der Waals surface area contributed by atoms with E-state index in [1.807, 2.05) is 0 Å². The molecule has 1 aromatic rings. The van der Waals surface area contributed by atoms with Crippen LogP contribution in [0, 0.1) is 18.8 Å². The van der Waals surface area contributed by atoms with Crippen molar-refractivity contribution in [2.75, 3.05) is 45.9 Å². The number of hydrogen-bond donors (Lipinski definition) is 0. The van der Waals surface area contributed by atoms with E-state index in [-0.39, 0.29) is 5.92 Å². The van der Waals surface area contributed by atoms with E-state index in [1.165, 1.54) is 17.5 Å². The number of carbonyl (C=O) groups excluding carboxylic acids is 1. The zero-order valence-electron chi connectivity index (χ0n) is 15.3. The summed E-state index contributed by atoms with van der Waals surface area (Å²) < 4.78 is 5.45. The lowest BCUT2D eigenvalue weighted by atomic mass is 9.96. The van der Waals surface area contributed by atoms with Crippen molar-refractivity contribution in [2.45, 2.75) is 32.1 Å². The first kappa shape index (κ1) is 17.0. The number of rotatable bonds is 4. The molecule has 0 aromatic heterocycles. The number of hydrogen-bond acceptors (Lipinski definition) is 3. The molecule has 2 aliphatic heterocycles. The van der Waals surface area contributed by atoms with Gasteiger partial charge in [0.15, 0.2) is 0 Å². The number of morpholine rings is 1. The Morgan fingerprint density at radius 3 is 2.80 bits per heavy atom. The summed E-state index contributed by atoms with van der Waals surface area (Å²) in [5, 5.41) is 0. The van der Waals surface area contributed by atoms with Crippen LogP contribution in [0.4, 0.5) is 0 Å². The van der Waals surface area contributed by atoms with E-state index >= 15 is 0 Å². The van der Waals surface area contributed by atoms with E-state index in [1.54, 1.807) is 0 Å². The molecule has 3 atom stereocenters. The predicted molar refractivity (Wildman–Crippen MR) is 98.6 cm³/mol. The first-order valence-electron chi connectivity index (χ1n) is 9.87. The van der Waals surface area contributed by atoms with Crippen LogP contribution in [0.1, 0.15) is 36.3 Å². The number of aryl methyl sites for hydroxylation is 1. The van der Waals surface area contributed by atoms with Gasteiger partial charge in [0, 0.05) is 38.6 Å². The van der Waals surface area contributed by atoms with Crippen LogP contribution in [0.25, 0.3) is 0 Å². The highest BCUT2D eigenvalue weighted by atomic mass is 16.5. The zero-order valence-corrected chi connectivity index (χ0v) is 15.3. The summed E-state index contributed by atoms with van der Waals surface area (Å²) in [5.41, 5.74) is 2.70. The van der Waals surface area contributed by atoms with E-state index in [2.05, 4.69) is 41.0 Å². The van der Waals surface area contributed by atoms with Gasteiger partial charge in [-0.1, -0.05) is 24.3 Å². The SMILES string of the molecule is Cc1ccccc1[C@@H]1C[C@H]1C(=O)N1CCC[C@@H](CN2CCOCC2)C1. The topological polar surface area (TPSA) is 32.8 Å². The number of nitrogens with zero attached hydrogens (tertiary/aromatic N) is 2. The number of likely N-dealkylation sites (tertiary alicyclic amines) is 1. The van der Waals surface area contributed by atoms with Gasteiger partial charge >= 0.3 is 0 Å². The summed E-state index contributed by atoms with van der Waals surface area (Å²) in [6, 6.07) is 8.54. The number of benzene rings is 1. The Morgan fingerprint density at radius 2 is 2.00 bits per heavy atom. The number of piperidine rings is 1. The van der Waals surface area contributed by atoms with Crippen LogP contribution in [-0.2, 0) is 9.53 Å². The van der Waals surface area contributed by atoms with Gasteiger partial charge in [0.05, 0.1) is 13.2 Å². The maximum atomic E-state index is 13.0. The van der Waals surface area contributed by atoms with Crippen molar-refractivity contribution >= 4 is 5.91 Å². The fraction of sp³-hybridized carbons (Fsp3) is 0.667. The minimum Gasteiger partial charge on any atom is -0.379 e. The summed E-state index contributed by atoms with van der Waals surface area (Å²) in [4.78, 5) is 17.7. The second kappa shape index (κ2) is 7.46. The van der Waals surface area contributed by atoms with Crippen LogP contribution in [0.5, 0.6) is 0 Å². The molecule has 1 aromatic carbocycles. The quantitative estimate of drug-likeness (QED) is 0.843. The maximum Gasteiger partial charge on any atom is 0.226 e. The minimum atomic E-state index is 0.225. The normalized spacial score (nSPS) is 30.3.